The molecule has 0 radical (unpaired) electrons. The monoisotopic (exact) mass is 353 g/mol. The van der Waals surface area contributed by atoms with E-state index in [0.717, 1.165) is 32.5 Å². The lowest BCUT2D eigenvalue weighted by Gasteiger charge is -2.24. The molecule has 134 valence electrons. The molecule has 6 nitrogen and oxygen atoms in total. The molecule has 1 atom stereocenters. The quantitative estimate of drug-likeness (QED) is 0.703. The highest BCUT2D eigenvalue weighted by molar-refractivity contribution is 7.09. The fraction of sp³-hybridized carbons (Fsp3) is 0.647. The van der Waals surface area contributed by atoms with Crippen LogP contribution in [0.25, 0.3) is 0 Å². The third-order valence-corrected chi connectivity index (χ3v) is 4.57. The highest BCUT2D eigenvalue weighted by Gasteiger charge is 2.21. The van der Waals surface area contributed by atoms with E-state index in [2.05, 4.69) is 21.6 Å². The number of rotatable bonds is 9. The first kappa shape index (κ1) is 18.9. The minimum atomic E-state index is -0.165. The van der Waals surface area contributed by atoms with E-state index >= 15 is 0 Å². The summed E-state index contributed by atoms with van der Waals surface area (Å²) in [6.45, 7) is 6.34. The highest BCUT2D eigenvalue weighted by atomic mass is 32.1. The van der Waals surface area contributed by atoms with Crippen molar-refractivity contribution in [2.24, 2.45) is 0 Å². The molecule has 1 saturated heterocycles. The normalized spacial score (nSPS) is 17.4. The maximum absolute atomic E-state index is 12.2. The van der Waals surface area contributed by atoms with Crippen LogP contribution in [-0.2, 0) is 20.9 Å². The second-order valence-electron chi connectivity index (χ2n) is 6.38. The van der Waals surface area contributed by atoms with Crippen molar-refractivity contribution in [3.05, 3.63) is 22.4 Å². The molecule has 1 aliphatic heterocycles. The van der Waals surface area contributed by atoms with Crippen molar-refractivity contribution >= 4 is 23.2 Å². The minimum Gasteiger partial charge on any atom is -0.377 e. The standard InChI is InChI=1S/C17H27N3O3S/c1-13(2)19-16(21)9-18-17(22)12-20(10-14-5-3-7-23-14)11-15-6-4-8-24-15/h4,6,8,13-14H,3,5,7,9-12H2,1-2H3,(H,18,22)(H,19,21)/t14-/m1/s1. The van der Waals surface area contributed by atoms with E-state index < -0.39 is 0 Å². The van der Waals surface area contributed by atoms with Crippen molar-refractivity contribution in [3.63, 3.8) is 0 Å². The zero-order valence-corrected chi connectivity index (χ0v) is 15.2. The van der Waals surface area contributed by atoms with Gasteiger partial charge < -0.3 is 15.4 Å². The van der Waals surface area contributed by atoms with Gasteiger partial charge in [0.05, 0.1) is 19.2 Å². The predicted molar refractivity (Wildman–Crippen MR) is 94.9 cm³/mol. The Morgan fingerprint density at radius 2 is 2.25 bits per heavy atom. The molecule has 1 aromatic rings. The Morgan fingerprint density at radius 3 is 2.88 bits per heavy atom. The average Bonchev–Trinajstić information content (AvgIpc) is 3.18. The number of hydrogen-bond donors (Lipinski definition) is 2. The van der Waals surface area contributed by atoms with E-state index in [-0.39, 0.29) is 37.0 Å². The summed E-state index contributed by atoms with van der Waals surface area (Å²) in [6, 6.07) is 4.16. The molecule has 1 aromatic heterocycles. The lowest BCUT2D eigenvalue weighted by atomic mass is 10.2. The van der Waals surface area contributed by atoms with Gasteiger partial charge in [-0.25, -0.2) is 0 Å². The molecule has 1 aliphatic rings. The van der Waals surface area contributed by atoms with E-state index in [1.165, 1.54) is 4.88 Å². The first-order valence-corrected chi connectivity index (χ1v) is 9.33. The summed E-state index contributed by atoms with van der Waals surface area (Å²) >= 11 is 1.68. The number of carbonyl (C=O) groups excluding carboxylic acids is 2. The van der Waals surface area contributed by atoms with Crippen LogP contribution in [0.15, 0.2) is 17.5 Å². The van der Waals surface area contributed by atoms with E-state index in [4.69, 9.17) is 4.74 Å². The van der Waals surface area contributed by atoms with E-state index in [0.29, 0.717) is 0 Å². The SMILES string of the molecule is CC(C)NC(=O)CNC(=O)CN(Cc1cccs1)C[C@H]1CCCO1. The van der Waals surface area contributed by atoms with Gasteiger partial charge in [-0.05, 0) is 38.1 Å². The van der Waals surface area contributed by atoms with Crippen LogP contribution in [0, 0.1) is 0 Å². The van der Waals surface area contributed by atoms with Gasteiger partial charge in [0.2, 0.25) is 11.8 Å². The molecule has 2 amide bonds. The number of ether oxygens (including phenoxy) is 1. The summed E-state index contributed by atoms with van der Waals surface area (Å²) in [5, 5.41) is 7.49. The first-order chi connectivity index (χ1) is 11.5. The molecule has 0 spiro atoms. The molecule has 0 unspecified atom stereocenters. The number of nitrogens with zero attached hydrogens (tertiary/aromatic N) is 1. The Bertz CT molecular complexity index is 513. The third kappa shape index (κ3) is 6.98. The van der Waals surface area contributed by atoms with Gasteiger partial charge >= 0.3 is 0 Å². The fourth-order valence-corrected chi connectivity index (χ4v) is 3.44. The molecule has 0 aromatic carbocycles. The Morgan fingerprint density at radius 1 is 1.42 bits per heavy atom. The van der Waals surface area contributed by atoms with Gasteiger partial charge in [-0.2, -0.15) is 0 Å². The first-order valence-electron chi connectivity index (χ1n) is 8.45. The largest absolute Gasteiger partial charge is 0.377 e. The molecule has 0 bridgehead atoms. The van der Waals surface area contributed by atoms with Crippen molar-refractivity contribution < 1.29 is 14.3 Å². The lowest BCUT2D eigenvalue weighted by Crippen LogP contribution is -2.44. The summed E-state index contributed by atoms with van der Waals surface area (Å²) < 4.78 is 5.69. The summed E-state index contributed by atoms with van der Waals surface area (Å²) in [5.74, 6) is -0.300. The molecule has 24 heavy (non-hydrogen) atoms. The molecule has 0 aliphatic carbocycles. The minimum absolute atomic E-state index is 0.0176. The molecule has 2 rings (SSSR count). The molecule has 1 fully saturated rings. The Kier molecular flexibility index (Phi) is 7.68. The van der Waals surface area contributed by atoms with Crippen molar-refractivity contribution in [1.29, 1.82) is 0 Å². The van der Waals surface area contributed by atoms with Crippen LogP contribution in [0.4, 0.5) is 0 Å². The van der Waals surface area contributed by atoms with Gasteiger partial charge in [0.1, 0.15) is 0 Å². The third-order valence-electron chi connectivity index (χ3n) is 3.71. The van der Waals surface area contributed by atoms with Crippen LogP contribution in [0.1, 0.15) is 31.6 Å². The Labute approximate surface area is 147 Å². The van der Waals surface area contributed by atoms with Gasteiger partial charge in [-0.1, -0.05) is 6.07 Å². The highest BCUT2D eigenvalue weighted by Crippen LogP contribution is 2.16. The number of amides is 2. The zero-order valence-electron chi connectivity index (χ0n) is 14.4. The molecular formula is C17H27N3O3S. The molecular weight excluding hydrogens is 326 g/mol. The predicted octanol–water partition coefficient (Wildman–Crippen LogP) is 1.37. The molecule has 2 N–H and O–H groups in total. The van der Waals surface area contributed by atoms with Gasteiger partial charge in [-0.3, -0.25) is 14.5 Å². The summed E-state index contributed by atoms with van der Waals surface area (Å²) in [4.78, 5) is 27.1. The van der Waals surface area contributed by atoms with Crippen molar-refractivity contribution in [3.8, 4) is 0 Å². The van der Waals surface area contributed by atoms with Crippen molar-refractivity contribution in [1.82, 2.24) is 15.5 Å². The number of nitrogens with one attached hydrogen (secondary N) is 2. The second kappa shape index (κ2) is 9.76. The Hall–Kier alpha value is -1.44. The summed E-state index contributed by atoms with van der Waals surface area (Å²) in [7, 11) is 0. The van der Waals surface area contributed by atoms with Gasteiger partial charge in [-0.15, -0.1) is 11.3 Å². The van der Waals surface area contributed by atoms with Crippen LogP contribution in [-0.4, -0.2) is 55.1 Å². The number of thiophene rings is 1. The number of hydrogen-bond acceptors (Lipinski definition) is 5. The molecule has 0 saturated carbocycles. The van der Waals surface area contributed by atoms with E-state index in [1.54, 1.807) is 11.3 Å². The van der Waals surface area contributed by atoms with Crippen molar-refractivity contribution in [2.45, 2.75) is 45.4 Å². The van der Waals surface area contributed by atoms with Gasteiger partial charge in [0.25, 0.3) is 0 Å². The van der Waals surface area contributed by atoms with Crippen LogP contribution in [0.2, 0.25) is 0 Å². The second-order valence-corrected chi connectivity index (χ2v) is 7.42. The fourth-order valence-electron chi connectivity index (χ4n) is 2.70. The van der Waals surface area contributed by atoms with Gasteiger partial charge in [0.15, 0.2) is 0 Å². The van der Waals surface area contributed by atoms with Crippen LogP contribution >= 0.6 is 11.3 Å². The summed E-state index contributed by atoms with van der Waals surface area (Å²) in [5.41, 5.74) is 0. The van der Waals surface area contributed by atoms with Gasteiger partial charge in [0, 0.05) is 30.6 Å². The Balaban J connectivity index is 1.81. The average molecular weight is 353 g/mol. The zero-order chi connectivity index (χ0) is 17.4. The maximum atomic E-state index is 12.2. The van der Waals surface area contributed by atoms with E-state index in [1.807, 2.05) is 25.3 Å². The molecule has 2 heterocycles. The van der Waals surface area contributed by atoms with Crippen molar-refractivity contribution in [2.75, 3.05) is 26.2 Å². The topological polar surface area (TPSA) is 70.7 Å². The van der Waals surface area contributed by atoms with Crippen LogP contribution in [0.3, 0.4) is 0 Å². The number of carbonyl (C=O) groups is 2. The van der Waals surface area contributed by atoms with Crippen LogP contribution in [0.5, 0.6) is 0 Å². The lowest BCUT2D eigenvalue weighted by molar-refractivity contribution is -0.127. The molecule has 7 heteroatoms. The maximum Gasteiger partial charge on any atom is 0.239 e. The van der Waals surface area contributed by atoms with Crippen LogP contribution < -0.4 is 10.6 Å². The summed E-state index contributed by atoms with van der Waals surface area (Å²) in [6.07, 6.45) is 2.32. The smallest absolute Gasteiger partial charge is 0.239 e. The van der Waals surface area contributed by atoms with E-state index in [9.17, 15) is 9.59 Å².